The highest BCUT2D eigenvalue weighted by atomic mass is 32.3. The monoisotopic (exact) mass is 393 g/mol. The number of unbranched alkanes of at least 4 members (excludes halogenated alkanes) is 3. The average molecular weight is 394 g/mol. The molecule has 0 fully saturated rings. The average Bonchev–Trinajstić information content (AvgIpc) is 2.58. The predicted molar refractivity (Wildman–Crippen MR) is 107 cm³/mol. The molecule has 26 heavy (non-hydrogen) atoms. The third kappa shape index (κ3) is 5.68. The number of sulfonamides is 1. The molecule has 2 aromatic rings. The Balaban J connectivity index is 2.29. The van der Waals surface area contributed by atoms with Crippen molar-refractivity contribution in [1.82, 2.24) is 0 Å². The van der Waals surface area contributed by atoms with Crippen LogP contribution >= 0.6 is 0 Å². The Hall–Kier alpha value is -1.66. The van der Waals surface area contributed by atoms with E-state index in [1.165, 1.54) is 31.2 Å². The van der Waals surface area contributed by atoms with E-state index in [0.717, 1.165) is 30.4 Å². The summed E-state index contributed by atoms with van der Waals surface area (Å²) in [5.41, 5.74) is 2.02. The number of rotatable bonds is 8. The van der Waals surface area contributed by atoms with Gasteiger partial charge in [-0.3, -0.25) is 0 Å². The van der Waals surface area contributed by atoms with E-state index in [4.69, 9.17) is 0 Å². The van der Waals surface area contributed by atoms with Crippen molar-refractivity contribution in [2.45, 2.75) is 55.7 Å². The molecule has 0 aliphatic heterocycles. The molecule has 2 aromatic carbocycles. The Morgan fingerprint density at radius 1 is 0.885 bits per heavy atom. The lowest BCUT2D eigenvalue weighted by molar-refractivity contribution is 0.598. The van der Waals surface area contributed by atoms with Gasteiger partial charge in [0.05, 0.1) is 14.6 Å². The van der Waals surface area contributed by atoms with Gasteiger partial charge in [0.25, 0.3) is 10.0 Å². The maximum atomic E-state index is 13.0. The van der Waals surface area contributed by atoms with Gasteiger partial charge in [-0.25, -0.2) is 4.21 Å². The summed E-state index contributed by atoms with van der Waals surface area (Å²) < 4.78 is 41.8. The van der Waals surface area contributed by atoms with Gasteiger partial charge < -0.3 is 0 Å². The first-order valence-corrected chi connectivity index (χ1v) is 12.2. The molecule has 4 nitrogen and oxygen atoms in total. The normalized spacial score (nSPS) is 14.0. The van der Waals surface area contributed by atoms with Crippen LogP contribution in [0.5, 0.6) is 0 Å². The minimum atomic E-state index is -3.97. The Morgan fingerprint density at radius 2 is 1.58 bits per heavy atom. The molecule has 0 aliphatic rings. The lowest BCUT2D eigenvalue weighted by Gasteiger charge is -2.08. The van der Waals surface area contributed by atoms with Gasteiger partial charge in [0.1, 0.15) is 0 Å². The van der Waals surface area contributed by atoms with E-state index in [1.54, 1.807) is 18.2 Å². The molecular weight excluding hydrogens is 366 g/mol. The number of hydrogen-bond acceptors (Lipinski definition) is 3. The summed E-state index contributed by atoms with van der Waals surface area (Å²) in [5.74, 6) is 0. The van der Waals surface area contributed by atoms with Crippen LogP contribution in [-0.2, 0) is 26.2 Å². The van der Waals surface area contributed by atoms with E-state index in [0.29, 0.717) is 4.90 Å². The molecule has 0 aromatic heterocycles. The van der Waals surface area contributed by atoms with E-state index in [2.05, 4.69) is 10.7 Å². The highest BCUT2D eigenvalue weighted by Gasteiger charge is 2.17. The molecular formula is C20H27NO3S2. The van der Waals surface area contributed by atoms with Crippen LogP contribution in [0, 0.1) is 6.92 Å². The van der Waals surface area contributed by atoms with Crippen molar-refractivity contribution >= 4 is 19.8 Å². The number of nitrogens with zero attached hydrogens (tertiary/aromatic N) is 1. The lowest BCUT2D eigenvalue weighted by atomic mass is 10.1. The number of hydrogen-bond donors (Lipinski definition) is 0. The van der Waals surface area contributed by atoms with Crippen LogP contribution in [0.15, 0.2) is 62.1 Å². The van der Waals surface area contributed by atoms with Crippen LogP contribution in [-0.4, -0.2) is 18.9 Å². The minimum absolute atomic E-state index is 0.0633. The van der Waals surface area contributed by atoms with Crippen LogP contribution in [0.3, 0.4) is 0 Å². The van der Waals surface area contributed by atoms with Crippen molar-refractivity contribution in [1.29, 1.82) is 0 Å². The van der Waals surface area contributed by atoms with Gasteiger partial charge in [-0.05, 0) is 49.6 Å². The summed E-state index contributed by atoms with van der Waals surface area (Å²) in [6.45, 7) is 4.05. The van der Waals surface area contributed by atoms with Gasteiger partial charge >= 0.3 is 0 Å². The third-order valence-electron chi connectivity index (χ3n) is 4.21. The van der Waals surface area contributed by atoms with Crippen molar-refractivity contribution in [3.63, 3.8) is 0 Å². The van der Waals surface area contributed by atoms with Gasteiger partial charge in [-0.1, -0.05) is 56.0 Å². The number of aryl methyl sites for hydroxylation is 2. The maximum absolute atomic E-state index is 13.0. The third-order valence-corrected chi connectivity index (χ3v) is 8.13. The molecule has 0 spiro atoms. The summed E-state index contributed by atoms with van der Waals surface area (Å²) in [6, 6.07) is 13.7. The summed E-state index contributed by atoms with van der Waals surface area (Å²) in [6.07, 6.45) is 6.89. The molecule has 0 heterocycles. The van der Waals surface area contributed by atoms with Crippen molar-refractivity contribution in [3.8, 4) is 0 Å². The second-order valence-corrected chi connectivity index (χ2v) is 10.7. The molecule has 0 saturated heterocycles. The second kappa shape index (κ2) is 8.82. The van der Waals surface area contributed by atoms with E-state index in [1.807, 2.05) is 25.1 Å². The topological polar surface area (TPSA) is 63.6 Å². The van der Waals surface area contributed by atoms with Crippen LogP contribution in [0.1, 0.15) is 43.7 Å². The Bertz CT molecular complexity index is 955. The molecule has 0 radical (unpaired) electrons. The molecule has 0 aliphatic carbocycles. The smallest absolute Gasteiger partial charge is 0.244 e. The Labute approximate surface area is 157 Å². The largest absolute Gasteiger partial charge is 0.290 e. The molecule has 0 N–H and O–H groups in total. The van der Waals surface area contributed by atoms with Gasteiger partial charge in [-0.2, -0.15) is 8.42 Å². The molecule has 1 unspecified atom stereocenters. The van der Waals surface area contributed by atoms with E-state index >= 15 is 0 Å². The maximum Gasteiger partial charge on any atom is 0.290 e. The molecule has 1 atom stereocenters. The first kappa shape index (κ1) is 20.6. The van der Waals surface area contributed by atoms with Gasteiger partial charge in [0, 0.05) is 11.2 Å². The standard InChI is InChI=1S/C20H27NO3S2/c1-4-5-6-7-9-18-10-8-11-20(16-18)25(3,22)21-26(23,24)19-14-12-17(2)13-15-19/h8,10-16H,4-7,9H2,1-3H3. The molecule has 6 heteroatoms. The predicted octanol–water partition coefficient (Wildman–Crippen LogP) is 4.96. The first-order chi connectivity index (χ1) is 12.2. The van der Waals surface area contributed by atoms with Crippen molar-refractivity contribution < 1.29 is 12.6 Å². The van der Waals surface area contributed by atoms with Crippen molar-refractivity contribution in [2.75, 3.05) is 6.26 Å². The van der Waals surface area contributed by atoms with Crippen LogP contribution in [0.4, 0.5) is 0 Å². The highest BCUT2D eigenvalue weighted by molar-refractivity contribution is 8.03. The van der Waals surface area contributed by atoms with E-state index < -0.39 is 19.8 Å². The summed E-state index contributed by atoms with van der Waals surface area (Å²) in [7, 11) is -7.02. The molecule has 142 valence electrons. The van der Waals surface area contributed by atoms with Crippen LogP contribution < -0.4 is 0 Å². The quantitative estimate of drug-likeness (QED) is 0.595. The SMILES string of the molecule is CCCCCCc1cccc(S(C)(=O)=NS(=O)(=O)c2ccc(C)cc2)c1. The van der Waals surface area contributed by atoms with Gasteiger partial charge in [0.15, 0.2) is 0 Å². The molecule has 0 amide bonds. The zero-order valence-electron chi connectivity index (χ0n) is 15.6. The summed E-state index contributed by atoms with van der Waals surface area (Å²) in [4.78, 5) is 0.523. The van der Waals surface area contributed by atoms with E-state index in [-0.39, 0.29) is 4.90 Å². The zero-order chi connectivity index (χ0) is 19.2. The lowest BCUT2D eigenvalue weighted by Crippen LogP contribution is -2.05. The summed E-state index contributed by atoms with van der Waals surface area (Å²) >= 11 is 0. The van der Waals surface area contributed by atoms with Crippen LogP contribution in [0.2, 0.25) is 0 Å². The molecule has 2 rings (SSSR count). The van der Waals surface area contributed by atoms with Crippen molar-refractivity contribution in [3.05, 3.63) is 59.7 Å². The zero-order valence-corrected chi connectivity index (χ0v) is 17.3. The Morgan fingerprint density at radius 3 is 2.23 bits per heavy atom. The fourth-order valence-corrected chi connectivity index (χ4v) is 6.04. The minimum Gasteiger partial charge on any atom is -0.244 e. The molecule has 0 saturated carbocycles. The van der Waals surface area contributed by atoms with E-state index in [9.17, 15) is 12.6 Å². The fraction of sp³-hybridized carbons (Fsp3) is 0.400. The van der Waals surface area contributed by atoms with Gasteiger partial charge in [-0.15, -0.1) is 3.77 Å². The summed E-state index contributed by atoms with van der Waals surface area (Å²) in [5, 5.41) is 0. The first-order valence-electron chi connectivity index (χ1n) is 8.89. The second-order valence-electron chi connectivity index (χ2n) is 6.62. The van der Waals surface area contributed by atoms with Crippen LogP contribution in [0.25, 0.3) is 0 Å². The van der Waals surface area contributed by atoms with Crippen molar-refractivity contribution in [2.24, 2.45) is 3.77 Å². The molecule has 0 bridgehead atoms. The number of benzene rings is 2. The highest BCUT2D eigenvalue weighted by Crippen LogP contribution is 2.20. The fourth-order valence-electron chi connectivity index (χ4n) is 2.68. The van der Waals surface area contributed by atoms with Gasteiger partial charge in [0.2, 0.25) is 0 Å². The Kier molecular flexibility index (Phi) is 7.01.